The van der Waals surface area contributed by atoms with Gasteiger partial charge in [0.05, 0.1) is 5.02 Å². The predicted molar refractivity (Wildman–Crippen MR) is 128 cm³/mol. The fourth-order valence-electron chi connectivity index (χ4n) is 3.43. The van der Waals surface area contributed by atoms with E-state index in [9.17, 15) is 22.4 Å². The number of hydrogen-bond acceptors (Lipinski definition) is 3. The lowest BCUT2D eigenvalue weighted by atomic mass is 9.98. The first-order chi connectivity index (χ1) is 16.7. The summed E-state index contributed by atoms with van der Waals surface area (Å²) in [5.41, 5.74) is 1.77. The molecule has 35 heavy (non-hydrogen) atoms. The minimum absolute atomic E-state index is 0.0585. The molecule has 0 aromatic heterocycles. The first-order valence-corrected chi connectivity index (χ1v) is 10.9. The highest BCUT2D eigenvalue weighted by atomic mass is 35.5. The standard InChI is InChI=1S/C26H15Cl2F4NO2/c1-33-16-5-2-13(3-6-16)14-4-7-18(20(29)9-14)15-8-19(27)24(21(30)10-15)26(34)35-17-11-22(31)25(28)23(32)12-17/h2-12,33H,1H3. The van der Waals surface area contributed by atoms with Gasteiger partial charge in [0.2, 0.25) is 0 Å². The van der Waals surface area contributed by atoms with Gasteiger partial charge in [0.15, 0.2) is 0 Å². The second kappa shape index (κ2) is 9.98. The van der Waals surface area contributed by atoms with Crippen LogP contribution in [0.3, 0.4) is 0 Å². The van der Waals surface area contributed by atoms with E-state index in [1.807, 2.05) is 24.3 Å². The molecule has 0 aliphatic rings. The zero-order valence-corrected chi connectivity index (χ0v) is 19.4. The molecule has 0 bridgehead atoms. The molecule has 4 aromatic carbocycles. The Labute approximate surface area is 207 Å². The van der Waals surface area contributed by atoms with E-state index in [0.29, 0.717) is 17.7 Å². The van der Waals surface area contributed by atoms with Gasteiger partial charge in [-0.15, -0.1) is 0 Å². The zero-order chi connectivity index (χ0) is 25.3. The molecule has 0 heterocycles. The van der Waals surface area contributed by atoms with Crippen LogP contribution in [0.4, 0.5) is 23.2 Å². The van der Waals surface area contributed by atoms with Crippen molar-refractivity contribution in [1.82, 2.24) is 0 Å². The van der Waals surface area contributed by atoms with Gasteiger partial charge >= 0.3 is 5.97 Å². The Bertz CT molecular complexity index is 1400. The minimum Gasteiger partial charge on any atom is -0.423 e. The number of carbonyl (C=O) groups excluding carboxylic acids is 1. The van der Waals surface area contributed by atoms with Crippen molar-refractivity contribution in [2.45, 2.75) is 0 Å². The highest BCUT2D eigenvalue weighted by molar-refractivity contribution is 6.34. The van der Waals surface area contributed by atoms with Gasteiger partial charge in [0.1, 0.15) is 39.6 Å². The van der Waals surface area contributed by atoms with Crippen molar-refractivity contribution in [3.8, 4) is 28.0 Å². The number of rotatable bonds is 5. The molecule has 0 saturated heterocycles. The quantitative estimate of drug-likeness (QED) is 0.125. The average molecular weight is 520 g/mol. The molecule has 9 heteroatoms. The minimum atomic E-state index is -1.29. The second-order valence-corrected chi connectivity index (χ2v) is 8.21. The first-order valence-electron chi connectivity index (χ1n) is 10.1. The van der Waals surface area contributed by atoms with Crippen LogP contribution in [0.1, 0.15) is 10.4 Å². The van der Waals surface area contributed by atoms with E-state index in [0.717, 1.165) is 17.3 Å². The third kappa shape index (κ3) is 5.11. The van der Waals surface area contributed by atoms with Crippen LogP contribution in [-0.2, 0) is 0 Å². The highest BCUT2D eigenvalue weighted by Gasteiger charge is 2.22. The molecule has 0 saturated carbocycles. The SMILES string of the molecule is CNc1ccc(-c2ccc(-c3cc(F)c(C(=O)Oc4cc(F)c(Cl)c(F)c4)c(Cl)c3)c(F)c2)cc1. The number of ether oxygens (including phenoxy) is 1. The lowest BCUT2D eigenvalue weighted by Gasteiger charge is -2.11. The van der Waals surface area contributed by atoms with E-state index in [2.05, 4.69) is 5.32 Å². The number of carbonyl (C=O) groups is 1. The van der Waals surface area contributed by atoms with Gasteiger partial charge in [-0.2, -0.15) is 0 Å². The van der Waals surface area contributed by atoms with Crippen molar-refractivity contribution < 1.29 is 27.1 Å². The molecular weight excluding hydrogens is 505 g/mol. The number of benzene rings is 4. The summed E-state index contributed by atoms with van der Waals surface area (Å²) in [6, 6.07) is 15.3. The van der Waals surface area contributed by atoms with Gasteiger partial charge in [0, 0.05) is 30.4 Å². The number of nitrogens with one attached hydrogen (secondary N) is 1. The van der Waals surface area contributed by atoms with Crippen LogP contribution >= 0.6 is 23.2 Å². The second-order valence-electron chi connectivity index (χ2n) is 7.43. The molecule has 0 atom stereocenters. The summed E-state index contributed by atoms with van der Waals surface area (Å²) in [5, 5.41) is 1.85. The van der Waals surface area contributed by atoms with Crippen molar-refractivity contribution in [3.63, 3.8) is 0 Å². The molecule has 0 amide bonds. The van der Waals surface area contributed by atoms with Gasteiger partial charge in [-0.25, -0.2) is 22.4 Å². The van der Waals surface area contributed by atoms with Crippen LogP contribution < -0.4 is 10.1 Å². The first kappa shape index (κ1) is 24.6. The Morgan fingerprint density at radius 2 is 1.34 bits per heavy atom. The molecule has 0 spiro atoms. The van der Waals surface area contributed by atoms with Crippen molar-refractivity contribution in [1.29, 1.82) is 0 Å². The van der Waals surface area contributed by atoms with Gasteiger partial charge in [0.25, 0.3) is 0 Å². The zero-order valence-electron chi connectivity index (χ0n) is 17.9. The third-order valence-electron chi connectivity index (χ3n) is 5.20. The van der Waals surface area contributed by atoms with E-state index in [4.69, 9.17) is 27.9 Å². The largest absolute Gasteiger partial charge is 0.423 e. The van der Waals surface area contributed by atoms with E-state index >= 15 is 0 Å². The molecule has 178 valence electrons. The van der Waals surface area contributed by atoms with E-state index in [-0.39, 0.29) is 16.1 Å². The number of esters is 1. The Kier molecular flexibility index (Phi) is 7.00. The lowest BCUT2D eigenvalue weighted by molar-refractivity contribution is 0.0729. The number of anilines is 1. The maximum atomic E-state index is 14.9. The number of hydrogen-bond donors (Lipinski definition) is 1. The molecule has 0 aliphatic carbocycles. The summed E-state index contributed by atoms with van der Waals surface area (Å²) in [7, 11) is 1.79. The Balaban J connectivity index is 1.62. The summed E-state index contributed by atoms with van der Waals surface area (Å²) in [5.74, 6) is -5.86. The summed E-state index contributed by atoms with van der Waals surface area (Å²) < 4.78 is 61.8. The topological polar surface area (TPSA) is 38.3 Å². The maximum absolute atomic E-state index is 14.9. The normalized spacial score (nSPS) is 10.8. The maximum Gasteiger partial charge on any atom is 0.348 e. The highest BCUT2D eigenvalue weighted by Crippen LogP contribution is 2.33. The molecular formula is C26H15Cl2F4NO2. The van der Waals surface area contributed by atoms with Crippen LogP contribution in [0.2, 0.25) is 10.0 Å². The molecule has 4 rings (SSSR count). The van der Waals surface area contributed by atoms with Crippen LogP contribution in [0.15, 0.2) is 66.7 Å². The third-order valence-corrected chi connectivity index (χ3v) is 5.86. The molecule has 0 radical (unpaired) electrons. The lowest BCUT2D eigenvalue weighted by Crippen LogP contribution is -2.12. The van der Waals surface area contributed by atoms with Crippen LogP contribution in [0.5, 0.6) is 5.75 Å². The average Bonchev–Trinajstić information content (AvgIpc) is 2.82. The van der Waals surface area contributed by atoms with Gasteiger partial charge in [-0.3, -0.25) is 0 Å². The summed E-state index contributed by atoms with van der Waals surface area (Å²) in [6.45, 7) is 0. The monoisotopic (exact) mass is 519 g/mol. The molecule has 3 nitrogen and oxygen atoms in total. The molecule has 1 N–H and O–H groups in total. The van der Waals surface area contributed by atoms with Crippen molar-refractivity contribution in [2.24, 2.45) is 0 Å². The van der Waals surface area contributed by atoms with Crippen molar-refractivity contribution >= 4 is 34.9 Å². The smallest absolute Gasteiger partial charge is 0.348 e. The summed E-state index contributed by atoms with van der Waals surface area (Å²) >= 11 is 11.5. The molecule has 0 fully saturated rings. The van der Waals surface area contributed by atoms with Crippen molar-refractivity contribution in [3.05, 3.63) is 106 Å². The van der Waals surface area contributed by atoms with Crippen molar-refractivity contribution in [2.75, 3.05) is 12.4 Å². The Morgan fingerprint density at radius 1 is 0.743 bits per heavy atom. The van der Waals surface area contributed by atoms with Gasteiger partial charge in [-0.1, -0.05) is 47.5 Å². The Hall–Kier alpha value is -3.55. The van der Waals surface area contributed by atoms with Gasteiger partial charge in [-0.05, 0) is 47.0 Å². The van der Waals surface area contributed by atoms with Crippen LogP contribution in [0, 0.1) is 23.3 Å². The molecule has 0 unspecified atom stereocenters. The number of halogens is 6. The van der Waals surface area contributed by atoms with Crippen LogP contribution in [-0.4, -0.2) is 13.0 Å². The fraction of sp³-hybridized carbons (Fsp3) is 0.0385. The fourth-order valence-corrected chi connectivity index (χ4v) is 3.83. The summed E-state index contributed by atoms with van der Waals surface area (Å²) in [6.07, 6.45) is 0. The van der Waals surface area contributed by atoms with E-state index in [1.165, 1.54) is 18.2 Å². The van der Waals surface area contributed by atoms with Crippen LogP contribution in [0.25, 0.3) is 22.3 Å². The Morgan fingerprint density at radius 3 is 1.91 bits per heavy atom. The van der Waals surface area contributed by atoms with Gasteiger partial charge < -0.3 is 10.1 Å². The molecule has 0 aliphatic heterocycles. The molecule has 4 aromatic rings. The predicted octanol–water partition coefficient (Wildman–Crippen LogP) is 8.14. The van der Waals surface area contributed by atoms with E-state index in [1.54, 1.807) is 13.1 Å². The van der Waals surface area contributed by atoms with E-state index < -0.39 is 45.6 Å². The summed E-state index contributed by atoms with van der Waals surface area (Å²) in [4.78, 5) is 12.4.